The molecule has 0 aliphatic carbocycles. The maximum atomic E-state index is 12.7. The van der Waals surface area contributed by atoms with Crippen LogP contribution in [0.4, 0.5) is 4.39 Å². The quantitative estimate of drug-likeness (QED) is 0.476. The molecular weight excluding hydrogens is 327 g/mol. The van der Waals surface area contributed by atoms with Crippen molar-refractivity contribution in [2.45, 2.75) is 6.92 Å². The summed E-state index contributed by atoms with van der Waals surface area (Å²) in [6, 6.07) is 11.9. The second-order valence-electron chi connectivity index (χ2n) is 4.88. The molecule has 1 N–H and O–H groups in total. The zero-order chi connectivity index (χ0) is 18.1. The van der Waals surface area contributed by atoms with E-state index in [9.17, 15) is 14.0 Å². The lowest BCUT2D eigenvalue weighted by Crippen LogP contribution is -2.24. The molecule has 25 heavy (non-hydrogen) atoms. The number of carbonyl (C=O) groups excluding carboxylic acids is 2. The predicted octanol–water partition coefficient (Wildman–Crippen LogP) is 2.53. The van der Waals surface area contributed by atoms with Crippen molar-refractivity contribution in [3.63, 3.8) is 0 Å². The van der Waals surface area contributed by atoms with Gasteiger partial charge in [-0.05, 0) is 48.9 Å². The SMILES string of the molecule is CCOC(=O)c1ccc(OCC(=O)NN=Cc2ccc(F)cc2)cc1. The first kappa shape index (κ1) is 18.1. The van der Waals surface area contributed by atoms with Gasteiger partial charge >= 0.3 is 5.97 Å². The molecule has 0 atom stereocenters. The van der Waals surface area contributed by atoms with Crippen LogP contribution in [0.25, 0.3) is 0 Å². The lowest BCUT2D eigenvalue weighted by atomic mass is 10.2. The number of nitrogens with one attached hydrogen (secondary N) is 1. The molecule has 0 bridgehead atoms. The van der Waals surface area contributed by atoms with Crippen molar-refractivity contribution in [3.8, 4) is 5.75 Å². The highest BCUT2D eigenvalue weighted by molar-refractivity contribution is 5.89. The van der Waals surface area contributed by atoms with E-state index in [4.69, 9.17) is 9.47 Å². The Labute approximate surface area is 144 Å². The van der Waals surface area contributed by atoms with Gasteiger partial charge in [-0.2, -0.15) is 5.10 Å². The molecule has 2 aromatic rings. The number of ether oxygens (including phenoxy) is 2. The van der Waals surface area contributed by atoms with Crippen LogP contribution in [0.1, 0.15) is 22.8 Å². The van der Waals surface area contributed by atoms with Gasteiger partial charge in [0.05, 0.1) is 18.4 Å². The first-order valence-electron chi connectivity index (χ1n) is 7.56. The second-order valence-corrected chi connectivity index (χ2v) is 4.88. The Morgan fingerprint density at radius 3 is 2.44 bits per heavy atom. The largest absolute Gasteiger partial charge is 0.484 e. The summed E-state index contributed by atoms with van der Waals surface area (Å²) in [5.74, 6) is -0.774. The van der Waals surface area contributed by atoms with E-state index >= 15 is 0 Å². The molecule has 0 radical (unpaired) electrons. The van der Waals surface area contributed by atoms with Crippen LogP contribution in [0.15, 0.2) is 53.6 Å². The Morgan fingerprint density at radius 2 is 1.80 bits per heavy atom. The lowest BCUT2D eigenvalue weighted by Gasteiger charge is -2.06. The Kier molecular flexibility index (Phi) is 6.65. The second kappa shape index (κ2) is 9.17. The summed E-state index contributed by atoms with van der Waals surface area (Å²) < 4.78 is 22.9. The number of halogens is 1. The van der Waals surface area contributed by atoms with E-state index in [-0.39, 0.29) is 12.4 Å². The summed E-state index contributed by atoms with van der Waals surface area (Å²) in [7, 11) is 0. The van der Waals surface area contributed by atoms with Crippen molar-refractivity contribution >= 4 is 18.1 Å². The van der Waals surface area contributed by atoms with E-state index in [2.05, 4.69) is 10.5 Å². The van der Waals surface area contributed by atoms with Gasteiger partial charge in [-0.25, -0.2) is 14.6 Å². The zero-order valence-electron chi connectivity index (χ0n) is 13.6. The number of nitrogens with zero attached hydrogens (tertiary/aromatic N) is 1. The Hall–Kier alpha value is -3.22. The Balaban J connectivity index is 1.77. The van der Waals surface area contributed by atoms with Gasteiger partial charge in [0.1, 0.15) is 11.6 Å². The smallest absolute Gasteiger partial charge is 0.338 e. The Bertz CT molecular complexity index is 743. The fourth-order valence-electron chi connectivity index (χ4n) is 1.81. The predicted molar refractivity (Wildman–Crippen MR) is 90.0 cm³/mol. The summed E-state index contributed by atoms with van der Waals surface area (Å²) in [6.07, 6.45) is 1.39. The van der Waals surface area contributed by atoms with E-state index in [0.29, 0.717) is 23.5 Å². The first-order valence-corrected chi connectivity index (χ1v) is 7.56. The molecule has 0 saturated heterocycles. The molecule has 0 heterocycles. The van der Waals surface area contributed by atoms with Gasteiger partial charge in [0.2, 0.25) is 0 Å². The third-order valence-corrected chi connectivity index (χ3v) is 3.01. The number of hydrogen-bond donors (Lipinski definition) is 1. The number of hydrazone groups is 1. The Morgan fingerprint density at radius 1 is 1.12 bits per heavy atom. The maximum Gasteiger partial charge on any atom is 0.338 e. The lowest BCUT2D eigenvalue weighted by molar-refractivity contribution is -0.123. The summed E-state index contributed by atoms with van der Waals surface area (Å²) >= 11 is 0. The highest BCUT2D eigenvalue weighted by Crippen LogP contribution is 2.12. The molecule has 6 nitrogen and oxygen atoms in total. The molecule has 0 aromatic heterocycles. The van der Waals surface area contributed by atoms with Gasteiger partial charge in [0.25, 0.3) is 5.91 Å². The topological polar surface area (TPSA) is 77.0 Å². The van der Waals surface area contributed by atoms with Crippen molar-refractivity contribution in [1.82, 2.24) is 5.43 Å². The van der Waals surface area contributed by atoms with Gasteiger partial charge in [0.15, 0.2) is 6.61 Å². The fraction of sp³-hybridized carbons (Fsp3) is 0.167. The molecule has 0 spiro atoms. The van der Waals surface area contributed by atoms with Crippen LogP contribution in [-0.2, 0) is 9.53 Å². The highest BCUT2D eigenvalue weighted by Gasteiger charge is 2.07. The molecule has 0 aliphatic rings. The van der Waals surface area contributed by atoms with Gasteiger partial charge in [-0.1, -0.05) is 12.1 Å². The molecule has 130 valence electrons. The third kappa shape index (κ3) is 6.06. The zero-order valence-corrected chi connectivity index (χ0v) is 13.6. The molecule has 0 fully saturated rings. The maximum absolute atomic E-state index is 12.7. The normalized spacial score (nSPS) is 10.5. The van der Waals surface area contributed by atoms with Gasteiger partial charge in [-0.15, -0.1) is 0 Å². The van der Waals surface area contributed by atoms with Crippen LogP contribution in [0.2, 0.25) is 0 Å². The van der Waals surface area contributed by atoms with Crippen LogP contribution in [0, 0.1) is 5.82 Å². The summed E-state index contributed by atoms with van der Waals surface area (Å²) in [5, 5.41) is 3.75. The van der Waals surface area contributed by atoms with E-state index in [0.717, 1.165) is 0 Å². The van der Waals surface area contributed by atoms with Crippen LogP contribution in [0.5, 0.6) is 5.75 Å². The van der Waals surface area contributed by atoms with Crippen molar-refractivity contribution < 1.29 is 23.5 Å². The van der Waals surface area contributed by atoms with Crippen molar-refractivity contribution in [2.24, 2.45) is 5.10 Å². The average molecular weight is 344 g/mol. The number of rotatable bonds is 7. The van der Waals surface area contributed by atoms with E-state index < -0.39 is 11.9 Å². The molecule has 2 aromatic carbocycles. The van der Waals surface area contributed by atoms with Gasteiger partial charge in [0, 0.05) is 0 Å². The van der Waals surface area contributed by atoms with Crippen molar-refractivity contribution in [3.05, 3.63) is 65.5 Å². The summed E-state index contributed by atoms with van der Waals surface area (Å²) in [5.41, 5.74) is 3.36. The van der Waals surface area contributed by atoms with E-state index in [1.165, 1.54) is 30.5 Å². The van der Waals surface area contributed by atoms with Crippen LogP contribution in [0.3, 0.4) is 0 Å². The number of hydrogen-bond acceptors (Lipinski definition) is 5. The first-order chi connectivity index (χ1) is 12.1. The number of esters is 1. The number of carbonyl (C=O) groups is 2. The number of amides is 1. The van der Waals surface area contributed by atoms with Gasteiger partial charge in [-0.3, -0.25) is 4.79 Å². The average Bonchev–Trinajstić information content (AvgIpc) is 2.62. The molecule has 2 rings (SSSR count). The van der Waals surface area contributed by atoms with Crippen LogP contribution >= 0.6 is 0 Å². The molecule has 0 aliphatic heterocycles. The van der Waals surface area contributed by atoms with Crippen molar-refractivity contribution in [1.29, 1.82) is 0 Å². The summed E-state index contributed by atoms with van der Waals surface area (Å²) in [6.45, 7) is 1.79. The monoisotopic (exact) mass is 344 g/mol. The molecule has 7 heteroatoms. The minimum atomic E-state index is -0.451. The summed E-state index contributed by atoms with van der Waals surface area (Å²) in [4.78, 5) is 23.1. The molecule has 1 amide bonds. The molecule has 0 unspecified atom stereocenters. The van der Waals surface area contributed by atoms with Gasteiger partial charge < -0.3 is 9.47 Å². The standard InChI is InChI=1S/C18H17FN2O4/c1-2-24-18(23)14-5-9-16(10-6-14)25-12-17(22)21-20-11-13-3-7-15(19)8-4-13/h3-11H,2,12H2,1H3,(H,21,22). The van der Waals surface area contributed by atoms with Crippen LogP contribution < -0.4 is 10.2 Å². The minimum Gasteiger partial charge on any atom is -0.484 e. The molecular formula is C18H17FN2O4. The minimum absolute atomic E-state index is 0.237. The number of benzene rings is 2. The van der Waals surface area contributed by atoms with Crippen LogP contribution in [-0.4, -0.2) is 31.3 Å². The third-order valence-electron chi connectivity index (χ3n) is 3.01. The molecule has 0 saturated carbocycles. The van der Waals surface area contributed by atoms with E-state index in [1.54, 1.807) is 31.2 Å². The van der Waals surface area contributed by atoms with Crippen molar-refractivity contribution in [2.75, 3.05) is 13.2 Å². The van der Waals surface area contributed by atoms with E-state index in [1.807, 2.05) is 0 Å². The highest BCUT2D eigenvalue weighted by atomic mass is 19.1. The fourth-order valence-corrected chi connectivity index (χ4v) is 1.81.